The highest BCUT2D eigenvalue weighted by Crippen LogP contribution is 2.25. The second-order valence-electron chi connectivity index (χ2n) is 6.39. The summed E-state index contributed by atoms with van der Waals surface area (Å²) in [6.07, 6.45) is 4.75. The van der Waals surface area contributed by atoms with Gasteiger partial charge in [-0.15, -0.1) is 11.6 Å². The first-order valence-corrected chi connectivity index (χ1v) is 8.96. The molecule has 0 aromatic rings. The van der Waals surface area contributed by atoms with Crippen LogP contribution in [0.15, 0.2) is 0 Å². The fraction of sp³-hybridized carbons (Fsp3) is 1.00. The Morgan fingerprint density at radius 1 is 1.22 bits per heavy atom. The lowest BCUT2D eigenvalue weighted by molar-refractivity contribution is 0.336. The van der Waals surface area contributed by atoms with E-state index in [1.807, 2.05) is 0 Å². The number of hydrogen-bond donors (Lipinski definition) is 0. The maximum atomic E-state index is 12.4. The molecular formula is C13H26ClNO2S. The van der Waals surface area contributed by atoms with Crippen LogP contribution in [0, 0.1) is 5.41 Å². The molecule has 1 heterocycles. The first-order valence-electron chi connectivity index (χ1n) is 6.82. The molecule has 1 aliphatic heterocycles. The predicted molar refractivity (Wildman–Crippen MR) is 77.5 cm³/mol. The van der Waals surface area contributed by atoms with Gasteiger partial charge in [-0.1, -0.05) is 33.6 Å². The van der Waals surface area contributed by atoms with Crippen molar-refractivity contribution in [1.29, 1.82) is 0 Å². The van der Waals surface area contributed by atoms with Crippen molar-refractivity contribution in [1.82, 2.24) is 4.31 Å². The lowest BCUT2D eigenvalue weighted by Crippen LogP contribution is -2.42. The average Bonchev–Trinajstić information content (AvgIpc) is 2.50. The Morgan fingerprint density at radius 3 is 2.44 bits per heavy atom. The van der Waals surface area contributed by atoms with E-state index in [4.69, 9.17) is 11.6 Å². The fourth-order valence-electron chi connectivity index (χ4n) is 2.22. The number of hydrogen-bond acceptors (Lipinski definition) is 2. The summed E-state index contributed by atoms with van der Waals surface area (Å²) in [6, 6.07) is -0.000801. The Kier molecular flexibility index (Phi) is 5.94. The molecule has 0 bridgehead atoms. The Labute approximate surface area is 117 Å². The molecule has 1 aliphatic rings. The minimum Gasteiger partial charge on any atom is -0.212 e. The second-order valence-corrected chi connectivity index (χ2v) is 8.74. The van der Waals surface area contributed by atoms with E-state index in [0.29, 0.717) is 18.8 Å². The number of alkyl halides is 1. The van der Waals surface area contributed by atoms with Crippen molar-refractivity contribution < 1.29 is 8.42 Å². The third-order valence-electron chi connectivity index (χ3n) is 3.47. The third-order valence-corrected chi connectivity index (χ3v) is 5.74. The van der Waals surface area contributed by atoms with Crippen LogP contribution >= 0.6 is 11.6 Å². The van der Waals surface area contributed by atoms with Gasteiger partial charge >= 0.3 is 0 Å². The molecule has 0 amide bonds. The van der Waals surface area contributed by atoms with E-state index < -0.39 is 10.0 Å². The number of halogens is 1. The lowest BCUT2D eigenvalue weighted by atomic mass is 9.94. The number of rotatable bonds is 4. The molecule has 0 aliphatic carbocycles. The molecule has 1 saturated heterocycles. The molecule has 1 rings (SSSR count). The van der Waals surface area contributed by atoms with Gasteiger partial charge in [-0.25, -0.2) is 8.42 Å². The van der Waals surface area contributed by atoms with E-state index in [9.17, 15) is 8.42 Å². The maximum absolute atomic E-state index is 12.4. The van der Waals surface area contributed by atoms with Gasteiger partial charge in [-0.05, 0) is 24.7 Å². The molecule has 3 nitrogen and oxygen atoms in total. The van der Waals surface area contributed by atoms with Crippen LogP contribution in [0.4, 0.5) is 0 Å². The molecule has 0 radical (unpaired) electrons. The van der Waals surface area contributed by atoms with Crippen molar-refractivity contribution in [2.75, 3.05) is 18.2 Å². The normalized spacial score (nSPS) is 23.9. The minimum absolute atomic E-state index is 0.000801. The zero-order chi connectivity index (χ0) is 13.8. The summed E-state index contributed by atoms with van der Waals surface area (Å²) in [5.74, 6) is 0.651. The van der Waals surface area contributed by atoms with Crippen molar-refractivity contribution in [2.24, 2.45) is 5.41 Å². The molecule has 0 aromatic heterocycles. The van der Waals surface area contributed by atoms with Gasteiger partial charge in [0.25, 0.3) is 0 Å². The summed E-state index contributed by atoms with van der Waals surface area (Å²) in [5, 5.41) is 0. The van der Waals surface area contributed by atoms with Gasteiger partial charge < -0.3 is 0 Å². The quantitative estimate of drug-likeness (QED) is 0.747. The number of sulfonamides is 1. The minimum atomic E-state index is -3.15. The Bertz CT molecular complexity index is 348. The van der Waals surface area contributed by atoms with Crippen LogP contribution in [0.1, 0.15) is 52.9 Å². The largest absolute Gasteiger partial charge is 0.214 e. The van der Waals surface area contributed by atoms with E-state index in [2.05, 4.69) is 20.8 Å². The van der Waals surface area contributed by atoms with Crippen molar-refractivity contribution in [3.8, 4) is 0 Å². The zero-order valence-electron chi connectivity index (χ0n) is 11.8. The lowest BCUT2D eigenvalue weighted by Gasteiger charge is -2.29. The van der Waals surface area contributed by atoms with Crippen LogP contribution in [0.2, 0.25) is 0 Å². The van der Waals surface area contributed by atoms with Gasteiger partial charge in [0.1, 0.15) is 0 Å². The summed E-state index contributed by atoms with van der Waals surface area (Å²) in [6.45, 7) is 6.86. The van der Waals surface area contributed by atoms with E-state index in [1.54, 1.807) is 4.31 Å². The summed E-state index contributed by atoms with van der Waals surface area (Å²) in [7, 11) is -3.15. The van der Waals surface area contributed by atoms with E-state index in [1.165, 1.54) is 0 Å². The Balaban J connectivity index is 2.74. The molecular weight excluding hydrogens is 270 g/mol. The molecule has 0 N–H and O–H groups in total. The van der Waals surface area contributed by atoms with Gasteiger partial charge in [0.05, 0.1) is 5.75 Å². The van der Waals surface area contributed by atoms with Crippen molar-refractivity contribution in [3.05, 3.63) is 0 Å². The molecule has 1 atom stereocenters. The van der Waals surface area contributed by atoms with Crippen LogP contribution in [0.5, 0.6) is 0 Å². The number of nitrogens with zero attached hydrogens (tertiary/aromatic N) is 1. The Morgan fingerprint density at radius 2 is 1.89 bits per heavy atom. The SMILES string of the molecule is CC(C)(C)CCS(=O)(=O)N1CCCCCC1CCl. The van der Waals surface area contributed by atoms with E-state index in [0.717, 1.165) is 25.7 Å². The van der Waals surface area contributed by atoms with Crippen LogP contribution < -0.4 is 0 Å². The topological polar surface area (TPSA) is 37.4 Å². The molecule has 108 valence electrons. The van der Waals surface area contributed by atoms with Crippen LogP contribution in [-0.4, -0.2) is 36.9 Å². The molecule has 0 spiro atoms. The highest BCUT2D eigenvalue weighted by Gasteiger charge is 2.31. The standard InChI is InChI=1S/C13H26ClNO2S/c1-13(2,3)8-10-18(16,17)15-9-6-4-5-7-12(15)11-14/h12H,4-11H2,1-3H3. The monoisotopic (exact) mass is 295 g/mol. The second kappa shape index (κ2) is 6.58. The van der Waals surface area contributed by atoms with Gasteiger partial charge in [0, 0.05) is 18.5 Å². The molecule has 1 unspecified atom stereocenters. The van der Waals surface area contributed by atoms with Crippen LogP contribution in [0.3, 0.4) is 0 Å². The van der Waals surface area contributed by atoms with Crippen LogP contribution in [0.25, 0.3) is 0 Å². The highest BCUT2D eigenvalue weighted by molar-refractivity contribution is 7.89. The zero-order valence-corrected chi connectivity index (χ0v) is 13.4. The highest BCUT2D eigenvalue weighted by atomic mass is 35.5. The van der Waals surface area contributed by atoms with Gasteiger partial charge in [-0.2, -0.15) is 4.31 Å². The molecule has 0 aromatic carbocycles. The van der Waals surface area contributed by atoms with E-state index >= 15 is 0 Å². The van der Waals surface area contributed by atoms with Crippen molar-refractivity contribution in [3.63, 3.8) is 0 Å². The molecule has 0 saturated carbocycles. The van der Waals surface area contributed by atoms with E-state index in [-0.39, 0.29) is 17.2 Å². The predicted octanol–water partition coefficient (Wildman–Crippen LogP) is 3.24. The van der Waals surface area contributed by atoms with Crippen molar-refractivity contribution in [2.45, 2.75) is 58.9 Å². The molecule has 18 heavy (non-hydrogen) atoms. The third kappa shape index (κ3) is 5.06. The summed E-state index contributed by atoms with van der Waals surface area (Å²) >= 11 is 5.94. The smallest absolute Gasteiger partial charge is 0.212 e. The van der Waals surface area contributed by atoms with Gasteiger partial charge in [0.15, 0.2) is 0 Å². The maximum Gasteiger partial charge on any atom is 0.214 e. The first-order chi connectivity index (χ1) is 8.26. The van der Waals surface area contributed by atoms with Gasteiger partial charge in [0.2, 0.25) is 10.0 Å². The summed E-state index contributed by atoms with van der Waals surface area (Å²) in [4.78, 5) is 0. The summed E-state index contributed by atoms with van der Waals surface area (Å²) in [5.41, 5.74) is 0.0510. The molecule has 5 heteroatoms. The van der Waals surface area contributed by atoms with Crippen LogP contribution in [-0.2, 0) is 10.0 Å². The first kappa shape index (κ1) is 16.3. The molecule has 1 fully saturated rings. The Hall–Kier alpha value is 0.200. The van der Waals surface area contributed by atoms with Crippen molar-refractivity contribution >= 4 is 21.6 Å². The van der Waals surface area contributed by atoms with Gasteiger partial charge in [-0.3, -0.25) is 0 Å². The summed E-state index contributed by atoms with van der Waals surface area (Å²) < 4.78 is 26.5. The average molecular weight is 296 g/mol. The fourth-order valence-corrected chi connectivity index (χ4v) is 4.77.